The smallest absolute Gasteiger partial charge is 0.250 e. The predicted octanol–water partition coefficient (Wildman–Crippen LogP) is 7.18. The van der Waals surface area contributed by atoms with E-state index in [9.17, 15) is 14.4 Å². The second-order valence-corrected chi connectivity index (χ2v) is 11.5. The first-order chi connectivity index (χ1) is 18.0. The number of amides is 2. The number of ketones is 1. The molecule has 2 atom stereocenters. The highest BCUT2D eigenvalue weighted by Crippen LogP contribution is 2.65. The first-order valence-electron chi connectivity index (χ1n) is 11.3. The molecule has 0 spiro atoms. The number of hydrogen-bond acceptors (Lipinski definition) is 4. The zero-order chi connectivity index (χ0) is 27.6. The van der Waals surface area contributed by atoms with Crippen molar-refractivity contribution in [3.05, 3.63) is 92.4 Å². The molecule has 0 heterocycles. The molecular formula is C27H21Cl5N2O4. The maximum atomic E-state index is 13.0. The highest BCUT2D eigenvalue weighted by molar-refractivity contribution is 6.53. The molecule has 0 aliphatic heterocycles. The summed E-state index contributed by atoms with van der Waals surface area (Å²) in [7, 11) is 1.43. The van der Waals surface area contributed by atoms with Crippen LogP contribution in [0, 0.1) is 5.92 Å². The van der Waals surface area contributed by atoms with E-state index in [4.69, 9.17) is 62.7 Å². The average Bonchev–Trinajstić information content (AvgIpc) is 3.43. The lowest BCUT2D eigenvalue weighted by molar-refractivity contribution is -0.119. The molecule has 1 saturated carbocycles. The van der Waals surface area contributed by atoms with E-state index in [2.05, 4.69) is 10.6 Å². The monoisotopic (exact) mass is 612 g/mol. The number of alkyl halides is 2. The van der Waals surface area contributed by atoms with E-state index in [-0.39, 0.29) is 35.3 Å². The van der Waals surface area contributed by atoms with Crippen LogP contribution in [0.2, 0.25) is 15.1 Å². The van der Waals surface area contributed by atoms with E-state index in [1.807, 2.05) is 0 Å². The summed E-state index contributed by atoms with van der Waals surface area (Å²) in [6.07, 6.45) is 0.0656. The van der Waals surface area contributed by atoms with Gasteiger partial charge in [0, 0.05) is 46.4 Å². The number of carbonyl (C=O) groups excluding carboxylic acids is 3. The van der Waals surface area contributed by atoms with Crippen LogP contribution in [0.1, 0.15) is 27.4 Å². The van der Waals surface area contributed by atoms with Crippen LogP contribution in [0.4, 0.5) is 11.4 Å². The molecular weight excluding hydrogens is 594 g/mol. The summed E-state index contributed by atoms with van der Waals surface area (Å²) in [5.41, 5.74) is 2.58. The zero-order valence-electron chi connectivity index (χ0n) is 19.9. The third-order valence-electron chi connectivity index (χ3n) is 5.99. The molecule has 0 bridgehead atoms. The maximum absolute atomic E-state index is 13.0. The van der Waals surface area contributed by atoms with Gasteiger partial charge < -0.3 is 15.4 Å². The first kappa shape index (κ1) is 28.7. The van der Waals surface area contributed by atoms with Crippen molar-refractivity contribution in [3.8, 4) is 0 Å². The number of hydrogen-bond donors (Lipinski definition) is 2. The van der Waals surface area contributed by atoms with Crippen molar-refractivity contribution in [1.29, 1.82) is 0 Å². The third-order valence-corrected chi connectivity index (χ3v) is 7.70. The van der Waals surface area contributed by atoms with Crippen LogP contribution in [-0.4, -0.2) is 35.6 Å². The van der Waals surface area contributed by atoms with Crippen molar-refractivity contribution in [1.82, 2.24) is 0 Å². The lowest BCUT2D eigenvalue weighted by atomic mass is 10.0. The van der Waals surface area contributed by atoms with E-state index in [1.165, 1.54) is 19.2 Å². The fourth-order valence-corrected chi connectivity index (χ4v) is 5.77. The first-order valence-corrected chi connectivity index (χ1v) is 13.2. The number of halogens is 5. The van der Waals surface area contributed by atoms with Crippen LogP contribution in [0.5, 0.6) is 0 Å². The largest absolute Gasteiger partial charge is 0.375 e. The number of benzene rings is 3. The standard InChI is InChI=1S/C27H21Cl5N2O4/c1-38-13-23(36)33-18-4-2-14(3-5-18)8-22(35)20-12-19(6-7-21(20)30)34-26(37)25-24(27(25,31)32)15-9-16(28)11-17(29)10-15/h2-7,9-12,24-25H,8,13H2,1H3,(H,33,36)(H,34,37). The van der Waals surface area contributed by atoms with E-state index < -0.39 is 22.1 Å². The Morgan fingerprint density at radius 2 is 1.50 bits per heavy atom. The predicted molar refractivity (Wildman–Crippen MR) is 152 cm³/mol. The molecule has 38 heavy (non-hydrogen) atoms. The highest BCUT2D eigenvalue weighted by atomic mass is 35.5. The van der Waals surface area contributed by atoms with Crippen molar-refractivity contribution < 1.29 is 19.1 Å². The Morgan fingerprint density at radius 3 is 2.13 bits per heavy atom. The van der Waals surface area contributed by atoms with Gasteiger partial charge >= 0.3 is 0 Å². The normalized spacial score (nSPS) is 17.5. The summed E-state index contributed by atoms with van der Waals surface area (Å²) in [6.45, 7) is -0.0568. The molecule has 1 fully saturated rings. The Bertz CT molecular complexity index is 1370. The van der Waals surface area contributed by atoms with Gasteiger partial charge in [-0.2, -0.15) is 0 Å². The summed E-state index contributed by atoms with van der Waals surface area (Å²) < 4.78 is 3.45. The Kier molecular flexibility index (Phi) is 8.92. The van der Waals surface area contributed by atoms with Gasteiger partial charge in [-0.05, 0) is 59.7 Å². The maximum Gasteiger partial charge on any atom is 0.250 e. The molecule has 1 aliphatic carbocycles. The van der Waals surface area contributed by atoms with E-state index in [0.29, 0.717) is 27.0 Å². The molecule has 2 unspecified atom stereocenters. The summed E-state index contributed by atoms with van der Waals surface area (Å²) in [5.74, 6) is -2.20. The van der Waals surface area contributed by atoms with Crippen molar-refractivity contribution in [2.75, 3.05) is 24.4 Å². The molecule has 2 N–H and O–H groups in total. The molecule has 0 saturated heterocycles. The number of anilines is 2. The van der Waals surface area contributed by atoms with Crippen molar-refractivity contribution in [2.24, 2.45) is 5.92 Å². The van der Waals surface area contributed by atoms with E-state index >= 15 is 0 Å². The van der Waals surface area contributed by atoms with Crippen molar-refractivity contribution in [2.45, 2.75) is 16.7 Å². The van der Waals surface area contributed by atoms with Crippen LogP contribution in [0.15, 0.2) is 60.7 Å². The number of rotatable bonds is 9. The van der Waals surface area contributed by atoms with Gasteiger partial charge in [-0.1, -0.05) is 46.9 Å². The number of carbonyl (C=O) groups is 3. The van der Waals surface area contributed by atoms with Gasteiger partial charge in [-0.3, -0.25) is 14.4 Å². The lowest BCUT2D eigenvalue weighted by Gasteiger charge is -2.10. The van der Waals surface area contributed by atoms with Gasteiger partial charge in [0.2, 0.25) is 11.8 Å². The Labute approximate surface area is 244 Å². The summed E-state index contributed by atoms with van der Waals surface area (Å²) >= 11 is 31.4. The molecule has 6 nitrogen and oxygen atoms in total. The Morgan fingerprint density at radius 1 is 0.868 bits per heavy atom. The van der Waals surface area contributed by atoms with Crippen LogP contribution >= 0.6 is 58.0 Å². The van der Waals surface area contributed by atoms with Crippen molar-refractivity contribution in [3.63, 3.8) is 0 Å². The second kappa shape index (κ2) is 11.8. The molecule has 198 valence electrons. The molecule has 0 aromatic heterocycles. The van der Waals surface area contributed by atoms with Gasteiger partial charge in [-0.25, -0.2) is 0 Å². The second-order valence-electron chi connectivity index (χ2n) is 8.79. The minimum atomic E-state index is -1.33. The Balaban J connectivity index is 1.43. The third kappa shape index (κ3) is 6.63. The highest BCUT2D eigenvalue weighted by Gasteiger charge is 2.67. The Hall–Kier alpha value is -2.32. The van der Waals surface area contributed by atoms with Gasteiger partial charge in [-0.15, -0.1) is 23.2 Å². The molecule has 4 rings (SSSR count). The SMILES string of the molecule is COCC(=O)Nc1ccc(CC(=O)c2cc(NC(=O)C3C(c4cc(Cl)cc(Cl)c4)C3(Cl)Cl)ccc2Cl)cc1. The fourth-order valence-electron chi connectivity index (χ4n) is 4.17. The molecule has 3 aromatic carbocycles. The quantitative estimate of drug-likeness (QED) is 0.198. The minimum Gasteiger partial charge on any atom is -0.375 e. The number of nitrogens with one attached hydrogen (secondary N) is 2. The van der Waals surface area contributed by atoms with Gasteiger partial charge in [0.1, 0.15) is 10.9 Å². The molecule has 11 heteroatoms. The molecule has 2 amide bonds. The van der Waals surface area contributed by atoms with Crippen LogP contribution in [0.25, 0.3) is 0 Å². The van der Waals surface area contributed by atoms with Gasteiger partial charge in [0.25, 0.3) is 0 Å². The van der Waals surface area contributed by atoms with Crippen LogP contribution in [-0.2, 0) is 20.7 Å². The number of Topliss-reactive ketones (excluding diaryl/α,β-unsaturated/α-hetero) is 1. The average molecular weight is 615 g/mol. The van der Waals surface area contributed by atoms with E-state index in [0.717, 1.165) is 5.56 Å². The summed E-state index contributed by atoms with van der Waals surface area (Å²) in [6, 6.07) is 16.4. The number of ether oxygens (including phenoxy) is 1. The van der Waals surface area contributed by atoms with Gasteiger partial charge in [0.05, 0.1) is 10.9 Å². The van der Waals surface area contributed by atoms with Gasteiger partial charge in [0.15, 0.2) is 5.78 Å². The number of methoxy groups -OCH3 is 1. The molecule has 3 aromatic rings. The fraction of sp³-hybridized carbons (Fsp3) is 0.222. The molecule has 0 radical (unpaired) electrons. The van der Waals surface area contributed by atoms with Crippen molar-refractivity contribution >= 4 is 87.0 Å². The molecule has 1 aliphatic rings. The van der Waals surface area contributed by atoms with E-state index in [1.54, 1.807) is 48.5 Å². The lowest BCUT2D eigenvalue weighted by Crippen LogP contribution is -2.17. The van der Waals surface area contributed by atoms with Crippen LogP contribution < -0.4 is 10.6 Å². The van der Waals surface area contributed by atoms with Crippen LogP contribution in [0.3, 0.4) is 0 Å². The summed E-state index contributed by atoms with van der Waals surface area (Å²) in [4.78, 5) is 37.7. The summed E-state index contributed by atoms with van der Waals surface area (Å²) in [5, 5.41) is 6.53. The zero-order valence-corrected chi connectivity index (χ0v) is 23.6. The minimum absolute atomic E-state index is 0.0568. The topological polar surface area (TPSA) is 84.5 Å².